The van der Waals surface area contributed by atoms with Crippen molar-refractivity contribution >= 4 is 16.3 Å². The van der Waals surface area contributed by atoms with Gasteiger partial charge in [-0.05, 0) is 12.8 Å². The molecule has 0 saturated carbocycles. The molecule has 0 aliphatic carbocycles. The van der Waals surface area contributed by atoms with Crippen LogP contribution in [0.4, 0.5) is 0 Å². The molecule has 1 heterocycles. The van der Waals surface area contributed by atoms with Crippen LogP contribution in [-0.4, -0.2) is 95.4 Å². The highest BCUT2D eigenvalue weighted by atomic mass is 32.3. The number of hydrogen-bond donors (Lipinski definition) is 6. The van der Waals surface area contributed by atoms with Gasteiger partial charge in [0.25, 0.3) is 0 Å². The molecule has 502 valence electrons. The molecule has 1 aliphatic rings. The highest BCUT2D eigenvalue weighted by Crippen LogP contribution is 2.27. The Morgan fingerprint density at radius 3 is 0.952 bits per heavy atom. The summed E-state index contributed by atoms with van der Waals surface area (Å²) in [5, 5.41) is 45.4. The number of hydrogen-bond acceptors (Lipinski definition) is 10. The molecular formula is C71H141NO11S. The molecule has 12 nitrogen and oxygen atoms in total. The lowest BCUT2D eigenvalue weighted by atomic mass is 9.99. The van der Waals surface area contributed by atoms with Gasteiger partial charge in [0, 0.05) is 6.42 Å². The predicted octanol–water partition coefficient (Wildman–Crippen LogP) is 19.5. The molecule has 1 amide bonds. The monoisotopic (exact) mass is 1220 g/mol. The summed E-state index contributed by atoms with van der Waals surface area (Å²) in [6.07, 6.45) is 67.2. The minimum Gasteiger partial charge on any atom is -0.394 e. The van der Waals surface area contributed by atoms with Crippen molar-refractivity contribution in [1.29, 1.82) is 0 Å². The predicted molar refractivity (Wildman–Crippen MR) is 352 cm³/mol. The Bertz CT molecular complexity index is 1470. The summed E-state index contributed by atoms with van der Waals surface area (Å²) in [6, 6.07) is -0.855. The summed E-state index contributed by atoms with van der Waals surface area (Å²) in [5.41, 5.74) is 0. The molecular weight excluding hydrogens is 1070 g/mol. The van der Waals surface area contributed by atoms with Gasteiger partial charge in [-0.15, -0.1) is 0 Å². The van der Waals surface area contributed by atoms with E-state index in [0.29, 0.717) is 12.8 Å². The van der Waals surface area contributed by atoms with E-state index in [9.17, 15) is 38.2 Å². The first kappa shape index (κ1) is 81.1. The van der Waals surface area contributed by atoms with Crippen LogP contribution in [-0.2, 0) is 28.9 Å². The van der Waals surface area contributed by atoms with Crippen molar-refractivity contribution in [3.63, 3.8) is 0 Å². The van der Waals surface area contributed by atoms with Gasteiger partial charge in [-0.1, -0.05) is 373 Å². The molecule has 1 rings (SSSR count). The minimum atomic E-state index is -5.08. The molecule has 0 spiro atoms. The second-order valence-electron chi connectivity index (χ2n) is 26.3. The first-order valence-corrected chi connectivity index (χ1v) is 38.3. The summed E-state index contributed by atoms with van der Waals surface area (Å²) in [4.78, 5) is 13.2. The Labute approximate surface area is 519 Å². The third-order valence-electron chi connectivity index (χ3n) is 18.2. The standard InChI is InChI=1S/C71H141NO11S/c1-3-5-7-9-11-13-15-17-19-21-23-25-27-29-30-31-32-33-34-35-36-37-39-41-43-45-47-49-51-53-55-57-59-61-67(75)72-64(63-81-71-69(77)70(83-84(78,79)80)68(76)66(62-73)82-71)65(74)60-58-56-54-52-50-48-46-44-42-40-38-28-26-24-22-20-18-16-14-12-10-8-6-4-2/h64-66,68-71,73-74,76-77H,3-63H2,1-2H3,(H,72,75)(H,78,79,80). The lowest BCUT2D eigenvalue weighted by Gasteiger charge is -2.41. The van der Waals surface area contributed by atoms with Crippen LogP contribution in [0, 0.1) is 0 Å². The molecule has 1 aliphatic heterocycles. The van der Waals surface area contributed by atoms with Crippen LogP contribution < -0.4 is 5.32 Å². The molecule has 1 saturated heterocycles. The molecule has 6 N–H and O–H groups in total. The van der Waals surface area contributed by atoms with E-state index >= 15 is 0 Å². The third-order valence-corrected chi connectivity index (χ3v) is 18.6. The van der Waals surface area contributed by atoms with Gasteiger partial charge in [0.05, 0.1) is 25.4 Å². The van der Waals surface area contributed by atoms with Crippen molar-refractivity contribution in [2.75, 3.05) is 13.2 Å². The number of carbonyl (C=O) groups is 1. The van der Waals surface area contributed by atoms with E-state index in [4.69, 9.17) is 9.47 Å². The van der Waals surface area contributed by atoms with E-state index in [1.54, 1.807) is 0 Å². The molecule has 7 atom stereocenters. The number of unbranched alkanes of at least 4 members (excludes halogenated alkanes) is 55. The van der Waals surface area contributed by atoms with Crippen LogP contribution >= 0.6 is 0 Å². The fourth-order valence-electron chi connectivity index (χ4n) is 12.5. The average Bonchev–Trinajstić information content (AvgIpc) is 3.45. The van der Waals surface area contributed by atoms with Gasteiger partial charge in [-0.2, -0.15) is 8.42 Å². The van der Waals surface area contributed by atoms with Crippen LogP contribution in [0.5, 0.6) is 0 Å². The van der Waals surface area contributed by atoms with Crippen molar-refractivity contribution in [2.24, 2.45) is 0 Å². The van der Waals surface area contributed by atoms with Crippen molar-refractivity contribution in [1.82, 2.24) is 5.32 Å². The number of aliphatic hydroxyl groups is 4. The second-order valence-corrected chi connectivity index (χ2v) is 27.3. The zero-order valence-corrected chi connectivity index (χ0v) is 56.1. The smallest absolute Gasteiger partial charge is 0.394 e. The normalized spacial score (nSPS) is 18.2. The maximum absolute atomic E-state index is 13.2. The van der Waals surface area contributed by atoms with Gasteiger partial charge in [0.15, 0.2) is 6.29 Å². The van der Waals surface area contributed by atoms with Crippen LogP contribution in [0.25, 0.3) is 0 Å². The summed E-state index contributed by atoms with van der Waals surface area (Å²) in [6.45, 7) is 3.54. The van der Waals surface area contributed by atoms with E-state index in [1.165, 1.54) is 315 Å². The van der Waals surface area contributed by atoms with E-state index < -0.39 is 59.9 Å². The molecule has 0 aromatic heterocycles. The van der Waals surface area contributed by atoms with Crippen molar-refractivity contribution < 1.29 is 51.8 Å². The second kappa shape index (κ2) is 61.0. The van der Waals surface area contributed by atoms with Crippen LogP contribution in [0.3, 0.4) is 0 Å². The highest BCUT2D eigenvalue weighted by molar-refractivity contribution is 7.80. The Hall–Kier alpha value is -0.900. The Morgan fingerprint density at radius 2 is 0.690 bits per heavy atom. The van der Waals surface area contributed by atoms with Crippen LogP contribution in [0.15, 0.2) is 0 Å². The lowest BCUT2D eigenvalue weighted by Crippen LogP contribution is -2.61. The molecule has 84 heavy (non-hydrogen) atoms. The number of aliphatic hydroxyl groups excluding tert-OH is 4. The van der Waals surface area contributed by atoms with Crippen LogP contribution in [0.1, 0.15) is 393 Å². The first-order chi connectivity index (χ1) is 41.0. The summed E-state index contributed by atoms with van der Waals surface area (Å²) in [5.74, 6) is -0.218. The molecule has 0 aromatic carbocycles. The van der Waals surface area contributed by atoms with Crippen LogP contribution in [0.2, 0.25) is 0 Å². The topological polar surface area (TPSA) is 192 Å². The Kier molecular flexibility index (Phi) is 58.9. The quantitative estimate of drug-likeness (QED) is 0.0251. The maximum Gasteiger partial charge on any atom is 0.397 e. The first-order valence-electron chi connectivity index (χ1n) is 36.9. The number of ether oxygens (including phenoxy) is 2. The number of nitrogens with one attached hydrogen (secondary N) is 1. The highest BCUT2D eigenvalue weighted by Gasteiger charge is 2.48. The zero-order chi connectivity index (χ0) is 61.1. The van der Waals surface area contributed by atoms with Crippen molar-refractivity contribution in [3.05, 3.63) is 0 Å². The summed E-state index contributed by atoms with van der Waals surface area (Å²) >= 11 is 0. The van der Waals surface area contributed by atoms with Gasteiger partial charge < -0.3 is 35.2 Å². The molecule has 0 aromatic rings. The molecule has 1 fully saturated rings. The number of carbonyl (C=O) groups excluding carboxylic acids is 1. The van der Waals surface area contributed by atoms with Gasteiger partial charge in [0.1, 0.15) is 24.4 Å². The molecule has 13 heteroatoms. The van der Waals surface area contributed by atoms with Gasteiger partial charge in [0.2, 0.25) is 5.91 Å². The molecule has 7 unspecified atom stereocenters. The number of rotatable bonds is 67. The Balaban J connectivity index is 2.18. The van der Waals surface area contributed by atoms with Gasteiger partial charge in [-0.3, -0.25) is 9.35 Å². The molecule has 0 radical (unpaired) electrons. The van der Waals surface area contributed by atoms with E-state index in [2.05, 4.69) is 23.3 Å². The Morgan fingerprint density at radius 1 is 0.429 bits per heavy atom. The minimum absolute atomic E-state index is 0.218. The summed E-state index contributed by atoms with van der Waals surface area (Å²) < 4.78 is 48.2. The zero-order valence-electron chi connectivity index (χ0n) is 55.3. The molecule has 0 bridgehead atoms. The lowest BCUT2D eigenvalue weighted by molar-refractivity contribution is -0.298. The fourth-order valence-corrected chi connectivity index (χ4v) is 13.0. The number of amides is 1. The van der Waals surface area contributed by atoms with E-state index in [-0.39, 0.29) is 12.5 Å². The summed E-state index contributed by atoms with van der Waals surface area (Å²) in [7, 11) is -5.08. The third kappa shape index (κ3) is 51.9. The maximum atomic E-state index is 13.2. The van der Waals surface area contributed by atoms with Gasteiger partial charge >= 0.3 is 10.4 Å². The SMILES string of the molecule is CCCCCCCCCCCCCCCCCCCCCCCCCCCCCCCCCCCC(=O)NC(COC1OC(CO)C(O)C(OS(=O)(=O)O)C1O)C(O)CCCCCCCCCCCCCCCCCCCCCCCCCC. The average molecular weight is 1220 g/mol. The van der Waals surface area contributed by atoms with E-state index in [1.807, 2.05) is 0 Å². The van der Waals surface area contributed by atoms with Crippen molar-refractivity contribution in [3.8, 4) is 0 Å². The van der Waals surface area contributed by atoms with Crippen molar-refractivity contribution in [2.45, 2.75) is 436 Å². The fraction of sp³-hybridized carbons (Fsp3) is 0.986. The largest absolute Gasteiger partial charge is 0.397 e. The van der Waals surface area contributed by atoms with Gasteiger partial charge in [-0.25, -0.2) is 4.18 Å². The van der Waals surface area contributed by atoms with E-state index in [0.717, 1.165) is 51.4 Å².